The molecule has 0 fully saturated rings. The van der Waals surface area contributed by atoms with E-state index in [1.807, 2.05) is 6.07 Å². The molecular formula is C10H10F2INO. The van der Waals surface area contributed by atoms with Crippen molar-refractivity contribution < 1.29 is 13.6 Å². The molecule has 0 bridgehead atoms. The lowest BCUT2D eigenvalue weighted by molar-refractivity contribution is -0.142. The summed E-state index contributed by atoms with van der Waals surface area (Å²) in [6.07, 6.45) is 0. The van der Waals surface area contributed by atoms with Crippen LogP contribution in [0.5, 0.6) is 0 Å². The molecule has 0 aliphatic heterocycles. The predicted octanol–water partition coefficient (Wildman–Crippen LogP) is 2.37. The molecule has 82 valence electrons. The molecule has 1 aromatic rings. The maximum atomic E-state index is 12.8. The van der Waals surface area contributed by atoms with Gasteiger partial charge in [-0.1, -0.05) is 52.9 Å². The van der Waals surface area contributed by atoms with E-state index in [-0.39, 0.29) is 6.54 Å². The summed E-state index contributed by atoms with van der Waals surface area (Å²) in [4.78, 5) is 11.0. The maximum absolute atomic E-state index is 12.8. The first kappa shape index (κ1) is 12.4. The Hall–Kier alpha value is -0.720. The third-order valence-electron chi connectivity index (χ3n) is 1.80. The molecule has 2 nitrogen and oxygen atoms in total. The van der Waals surface area contributed by atoms with Gasteiger partial charge in [-0.05, 0) is 5.56 Å². The monoisotopic (exact) mass is 325 g/mol. The van der Waals surface area contributed by atoms with Gasteiger partial charge >= 0.3 is 5.92 Å². The highest BCUT2D eigenvalue weighted by Crippen LogP contribution is 2.16. The molecule has 0 aromatic heterocycles. The van der Waals surface area contributed by atoms with E-state index >= 15 is 0 Å². The third-order valence-corrected chi connectivity index (χ3v) is 2.75. The number of hydrogen-bond acceptors (Lipinski definition) is 1. The number of carbonyl (C=O) groups excluding carboxylic acids is 1. The van der Waals surface area contributed by atoms with Gasteiger partial charge in [-0.25, -0.2) is 0 Å². The van der Waals surface area contributed by atoms with Crippen LogP contribution in [0.2, 0.25) is 0 Å². The zero-order valence-corrected chi connectivity index (χ0v) is 10.0. The quantitative estimate of drug-likeness (QED) is 0.668. The number of amides is 1. The van der Waals surface area contributed by atoms with Gasteiger partial charge in [0.25, 0.3) is 5.91 Å². The summed E-state index contributed by atoms with van der Waals surface area (Å²) in [5.74, 6) is -4.50. The van der Waals surface area contributed by atoms with Crippen molar-refractivity contribution >= 4 is 28.5 Å². The minimum absolute atomic E-state index is 0.131. The molecule has 15 heavy (non-hydrogen) atoms. The van der Waals surface area contributed by atoms with Crippen molar-refractivity contribution in [3.8, 4) is 0 Å². The first-order valence-corrected chi connectivity index (χ1v) is 5.85. The van der Waals surface area contributed by atoms with Crippen LogP contribution in [0, 0.1) is 0 Å². The van der Waals surface area contributed by atoms with Crippen LogP contribution in [-0.4, -0.2) is 16.3 Å². The zero-order chi connectivity index (χ0) is 11.3. The first-order valence-electron chi connectivity index (χ1n) is 4.32. The molecule has 0 atom stereocenters. The second-order valence-corrected chi connectivity index (χ2v) is 3.77. The summed E-state index contributed by atoms with van der Waals surface area (Å²) >= 11 is 1.49. The van der Waals surface area contributed by atoms with E-state index < -0.39 is 16.3 Å². The summed E-state index contributed by atoms with van der Waals surface area (Å²) in [5, 5.41) is 2.20. The Morgan fingerprint density at radius 2 is 1.93 bits per heavy atom. The second kappa shape index (κ2) is 5.39. The van der Waals surface area contributed by atoms with E-state index in [0.717, 1.165) is 5.56 Å². The standard InChI is InChI=1S/C10H10F2INO/c11-10(12,7-13)9(15)14-6-8-4-2-1-3-5-8/h1-5H,6-7H2,(H,14,15). The van der Waals surface area contributed by atoms with Gasteiger partial charge in [-0.15, -0.1) is 0 Å². The fraction of sp³-hybridized carbons (Fsp3) is 0.300. The largest absolute Gasteiger partial charge is 0.347 e. The number of nitrogens with one attached hydrogen (secondary N) is 1. The van der Waals surface area contributed by atoms with Crippen LogP contribution < -0.4 is 5.32 Å². The van der Waals surface area contributed by atoms with Crippen molar-refractivity contribution in [3.05, 3.63) is 35.9 Å². The van der Waals surface area contributed by atoms with Crippen LogP contribution in [0.4, 0.5) is 8.78 Å². The molecule has 5 heteroatoms. The van der Waals surface area contributed by atoms with E-state index in [9.17, 15) is 13.6 Å². The molecular weight excluding hydrogens is 315 g/mol. The Balaban J connectivity index is 2.48. The van der Waals surface area contributed by atoms with Gasteiger partial charge in [0.15, 0.2) is 0 Å². The molecule has 0 unspecified atom stereocenters. The van der Waals surface area contributed by atoms with Crippen LogP contribution in [-0.2, 0) is 11.3 Å². The average Bonchev–Trinajstić information content (AvgIpc) is 2.27. The molecule has 0 aliphatic rings. The van der Waals surface area contributed by atoms with Crippen LogP contribution in [0.1, 0.15) is 5.56 Å². The number of alkyl halides is 3. The van der Waals surface area contributed by atoms with E-state index in [4.69, 9.17) is 0 Å². The van der Waals surface area contributed by atoms with Crippen molar-refractivity contribution in [2.75, 3.05) is 4.43 Å². The molecule has 1 aromatic carbocycles. The summed E-state index contributed by atoms with van der Waals surface area (Å²) in [6, 6.07) is 8.94. The molecule has 0 saturated heterocycles. The highest BCUT2D eigenvalue weighted by Gasteiger charge is 2.36. The summed E-state index contributed by atoms with van der Waals surface area (Å²) in [6.45, 7) is 0.131. The van der Waals surface area contributed by atoms with Gasteiger partial charge in [0.05, 0.1) is 4.43 Å². The first-order chi connectivity index (χ1) is 7.06. The Kier molecular flexibility index (Phi) is 4.44. The van der Waals surface area contributed by atoms with E-state index in [1.54, 1.807) is 24.3 Å². The minimum atomic E-state index is -3.28. The smallest absolute Gasteiger partial charge is 0.333 e. The van der Waals surface area contributed by atoms with Crippen LogP contribution >= 0.6 is 22.6 Å². The number of hydrogen-bond donors (Lipinski definition) is 1. The molecule has 0 radical (unpaired) electrons. The van der Waals surface area contributed by atoms with Gasteiger partial charge in [0, 0.05) is 6.54 Å². The Labute approximate surface area is 100 Å². The molecule has 0 heterocycles. The fourth-order valence-electron chi connectivity index (χ4n) is 0.968. The summed E-state index contributed by atoms with van der Waals surface area (Å²) < 4.78 is 25.2. The number of carbonyl (C=O) groups is 1. The van der Waals surface area contributed by atoms with Gasteiger partial charge in [-0.2, -0.15) is 8.78 Å². The zero-order valence-electron chi connectivity index (χ0n) is 7.84. The van der Waals surface area contributed by atoms with Crippen molar-refractivity contribution in [2.24, 2.45) is 0 Å². The van der Waals surface area contributed by atoms with E-state index in [2.05, 4.69) is 5.32 Å². The Morgan fingerprint density at radius 1 is 1.33 bits per heavy atom. The van der Waals surface area contributed by atoms with Crippen molar-refractivity contribution in [2.45, 2.75) is 12.5 Å². The molecule has 1 amide bonds. The van der Waals surface area contributed by atoms with Crippen molar-refractivity contribution in [1.29, 1.82) is 0 Å². The average molecular weight is 325 g/mol. The fourth-order valence-corrected chi connectivity index (χ4v) is 1.31. The highest BCUT2D eigenvalue weighted by atomic mass is 127. The lowest BCUT2D eigenvalue weighted by Gasteiger charge is -2.12. The topological polar surface area (TPSA) is 29.1 Å². The van der Waals surface area contributed by atoms with Crippen LogP contribution in [0.15, 0.2) is 30.3 Å². The van der Waals surface area contributed by atoms with Gasteiger partial charge in [0.1, 0.15) is 0 Å². The van der Waals surface area contributed by atoms with Crippen LogP contribution in [0.3, 0.4) is 0 Å². The van der Waals surface area contributed by atoms with Gasteiger partial charge in [-0.3, -0.25) is 4.79 Å². The van der Waals surface area contributed by atoms with Crippen molar-refractivity contribution in [1.82, 2.24) is 5.32 Å². The molecule has 1 rings (SSSR count). The number of rotatable bonds is 4. The van der Waals surface area contributed by atoms with E-state index in [0.29, 0.717) is 0 Å². The lowest BCUT2D eigenvalue weighted by atomic mass is 10.2. The minimum Gasteiger partial charge on any atom is -0.347 e. The third kappa shape index (κ3) is 3.73. The second-order valence-electron chi connectivity index (χ2n) is 3.01. The van der Waals surface area contributed by atoms with Gasteiger partial charge in [0.2, 0.25) is 0 Å². The Morgan fingerprint density at radius 3 is 2.47 bits per heavy atom. The molecule has 1 N–H and O–H groups in total. The van der Waals surface area contributed by atoms with Crippen LogP contribution in [0.25, 0.3) is 0 Å². The number of benzene rings is 1. The highest BCUT2D eigenvalue weighted by molar-refractivity contribution is 14.1. The predicted molar refractivity (Wildman–Crippen MR) is 62.1 cm³/mol. The molecule has 0 aliphatic carbocycles. The molecule has 0 saturated carbocycles. The normalized spacial score (nSPS) is 11.1. The number of halogens is 3. The lowest BCUT2D eigenvalue weighted by Crippen LogP contribution is -2.40. The molecule has 0 spiro atoms. The summed E-state index contributed by atoms with van der Waals surface area (Å²) in [5.41, 5.74) is 0.801. The Bertz CT molecular complexity index is 329. The van der Waals surface area contributed by atoms with Crippen molar-refractivity contribution in [3.63, 3.8) is 0 Å². The SMILES string of the molecule is O=C(NCc1ccccc1)C(F)(F)CI. The van der Waals surface area contributed by atoms with Gasteiger partial charge < -0.3 is 5.32 Å². The van der Waals surface area contributed by atoms with E-state index in [1.165, 1.54) is 22.6 Å². The maximum Gasteiger partial charge on any atom is 0.333 e. The summed E-state index contributed by atoms with van der Waals surface area (Å²) in [7, 11) is 0.